The Bertz CT molecular complexity index is 230. The van der Waals surface area contributed by atoms with E-state index < -0.39 is 17.2 Å². The molecule has 1 amide bonds. The van der Waals surface area contributed by atoms with Crippen molar-refractivity contribution in [2.24, 2.45) is 0 Å². The molecule has 0 heterocycles. The summed E-state index contributed by atoms with van der Waals surface area (Å²) in [7, 11) is 0. The average molecular weight is 264 g/mol. The van der Waals surface area contributed by atoms with Crippen LogP contribution in [0.1, 0.15) is 32.6 Å². The largest absolute Gasteiger partial charge is 0.446 e. The Morgan fingerprint density at radius 1 is 1.19 bits per heavy atom. The van der Waals surface area contributed by atoms with Gasteiger partial charge in [-0.3, -0.25) is 4.79 Å². The van der Waals surface area contributed by atoms with E-state index in [4.69, 9.17) is 0 Å². The summed E-state index contributed by atoms with van der Waals surface area (Å²) in [5, 5.41) is -2.51. The Hall–Kier alpha value is -0.520. The summed E-state index contributed by atoms with van der Waals surface area (Å²) in [6.45, 7) is 1.96. The minimum Gasteiger partial charge on any atom is -0.352 e. The van der Waals surface area contributed by atoms with Crippen molar-refractivity contribution in [3.8, 4) is 0 Å². The van der Waals surface area contributed by atoms with Crippen LogP contribution in [0.15, 0.2) is 0 Å². The molecule has 0 aromatic heterocycles. The minimum atomic E-state index is -5.40. The predicted molar refractivity (Wildman–Crippen MR) is 52.9 cm³/mol. The second-order valence-corrected chi connectivity index (χ2v) is 3.91. The molecule has 0 aromatic rings. The molecule has 0 aromatic carbocycles. The number of hydrogen-bond donors (Lipinski definition) is 1. The summed E-state index contributed by atoms with van der Waals surface area (Å²) in [5.74, 6) is -1.85. The van der Waals surface area contributed by atoms with E-state index in [1.54, 1.807) is 0 Å². The zero-order valence-corrected chi connectivity index (χ0v) is 9.59. The van der Waals surface area contributed by atoms with Gasteiger partial charge in [-0.15, -0.1) is 0 Å². The predicted octanol–water partition coefficient (Wildman–Crippen LogP) is 3.15. The lowest BCUT2D eigenvalue weighted by molar-refractivity contribution is -0.200. The van der Waals surface area contributed by atoms with E-state index in [0.717, 1.165) is 19.3 Å². The van der Waals surface area contributed by atoms with Gasteiger partial charge in [-0.05, 0) is 6.42 Å². The Labute approximate surface area is 96.3 Å². The van der Waals surface area contributed by atoms with Crippen LogP contribution in [0.2, 0.25) is 0 Å². The molecule has 0 saturated heterocycles. The summed E-state index contributed by atoms with van der Waals surface area (Å²) >= 11 is 4.50. The first-order chi connectivity index (χ1) is 7.23. The quantitative estimate of drug-likeness (QED) is 0.445. The van der Waals surface area contributed by atoms with Gasteiger partial charge in [0.25, 0.3) is 5.91 Å². The van der Waals surface area contributed by atoms with Crippen LogP contribution in [0, 0.1) is 0 Å². The average Bonchev–Trinajstić information content (AvgIpc) is 2.15. The van der Waals surface area contributed by atoms with Crippen molar-refractivity contribution in [2.45, 2.75) is 43.9 Å². The zero-order valence-electron chi connectivity index (χ0n) is 8.83. The van der Waals surface area contributed by atoms with Crippen LogP contribution in [-0.2, 0) is 4.79 Å². The first-order valence-corrected chi connectivity index (χ1v) is 5.34. The van der Waals surface area contributed by atoms with Crippen LogP contribution in [0.5, 0.6) is 0 Å². The van der Waals surface area contributed by atoms with E-state index in [1.165, 1.54) is 0 Å². The molecule has 0 bridgehead atoms. The van der Waals surface area contributed by atoms with Crippen molar-refractivity contribution in [1.82, 2.24) is 5.32 Å². The van der Waals surface area contributed by atoms with Gasteiger partial charge >= 0.3 is 11.3 Å². The van der Waals surface area contributed by atoms with Crippen LogP contribution in [0.3, 0.4) is 0 Å². The molecule has 0 rings (SSSR count). The number of nitrogens with one attached hydrogen (secondary N) is 1. The fourth-order valence-corrected chi connectivity index (χ4v) is 1.06. The lowest BCUT2D eigenvalue weighted by atomic mass is 10.2. The topological polar surface area (TPSA) is 29.1 Å². The first-order valence-electron chi connectivity index (χ1n) is 4.96. The van der Waals surface area contributed by atoms with Gasteiger partial charge in [-0.25, -0.2) is 4.39 Å². The molecule has 1 N–H and O–H groups in total. The third-order valence-corrected chi connectivity index (χ3v) is 2.34. The number of amides is 1. The highest BCUT2D eigenvalue weighted by molar-refractivity contribution is 6.34. The molecule has 0 aliphatic carbocycles. The fraction of sp³-hybridized carbons (Fsp3) is 0.889. The molecule has 7 heteroatoms. The van der Waals surface area contributed by atoms with Gasteiger partial charge < -0.3 is 5.32 Å². The lowest BCUT2D eigenvalue weighted by Crippen LogP contribution is -2.49. The van der Waals surface area contributed by atoms with Gasteiger partial charge in [0, 0.05) is 6.54 Å². The van der Waals surface area contributed by atoms with Crippen LogP contribution >= 0.6 is 11.6 Å². The number of carbonyl (C=O) groups excluding carboxylic acids is 1. The number of unbranched alkanes of at least 4 members (excludes halogenated alkanes) is 3. The van der Waals surface area contributed by atoms with Gasteiger partial charge in [0.15, 0.2) is 0 Å². The smallest absolute Gasteiger partial charge is 0.352 e. The Morgan fingerprint density at radius 3 is 2.19 bits per heavy atom. The van der Waals surface area contributed by atoms with E-state index in [2.05, 4.69) is 11.6 Å². The molecule has 0 radical (unpaired) electrons. The zero-order chi connectivity index (χ0) is 12.8. The molecule has 1 atom stereocenters. The normalized spacial score (nSPS) is 15.6. The number of rotatable bonds is 6. The number of hydrogen-bond acceptors (Lipinski definition) is 1. The minimum absolute atomic E-state index is 0.00664. The standard InChI is InChI=1S/C9H14ClF4NO/c1-2-3-4-5-6-15-7(16)8(10,11)9(12,13)14/h2-6H2,1H3,(H,15,16)/t8-/m0/s1. The van der Waals surface area contributed by atoms with E-state index >= 15 is 0 Å². The van der Waals surface area contributed by atoms with E-state index in [1.807, 2.05) is 12.2 Å². The third-order valence-electron chi connectivity index (χ3n) is 1.96. The van der Waals surface area contributed by atoms with Crippen molar-refractivity contribution < 1.29 is 22.4 Å². The number of alkyl halides is 5. The maximum absolute atomic E-state index is 12.8. The third kappa shape index (κ3) is 4.55. The summed E-state index contributed by atoms with van der Waals surface area (Å²) in [6.07, 6.45) is -2.26. The van der Waals surface area contributed by atoms with Crippen LogP contribution in [-0.4, -0.2) is 23.8 Å². The Morgan fingerprint density at radius 2 is 1.75 bits per heavy atom. The SMILES string of the molecule is CCCCCCNC(=O)[C@@](F)(Cl)C(F)(F)F. The molecule has 96 valence electrons. The summed E-state index contributed by atoms with van der Waals surface area (Å²) in [4.78, 5) is 10.8. The van der Waals surface area contributed by atoms with Crippen LogP contribution in [0.25, 0.3) is 0 Å². The Kier molecular flexibility index (Phi) is 6.07. The van der Waals surface area contributed by atoms with Gasteiger partial charge in [0.05, 0.1) is 0 Å². The van der Waals surface area contributed by atoms with E-state index in [9.17, 15) is 22.4 Å². The molecule has 2 nitrogen and oxygen atoms in total. The molecule has 0 spiro atoms. The highest BCUT2D eigenvalue weighted by atomic mass is 35.5. The maximum atomic E-state index is 12.8. The lowest BCUT2D eigenvalue weighted by Gasteiger charge is -2.20. The molecule has 0 aliphatic heterocycles. The van der Waals surface area contributed by atoms with Gasteiger partial charge in [-0.2, -0.15) is 13.2 Å². The van der Waals surface area contributed by atoms with Gasteiger partial charge in [0.2, 0.25) is 0 Å². The van der Waals surface area contributed by atoms with Crippen molar-refractivity contribution in [3.63, 3.8) is 0 Å². The maximum Gasteiger partial charge on any atom is 0.446 e. The van der Waals surface area contributed by atoms with Crippen LogP contribution < -0.4 is 5.32 Å². The summed E-state index contributed by atoms with van der Waals surface area (Å²) in [5.41, 5.74) is 0. The first kappa shape index (κ1) is 15.5. The summed E-state index contributed by atoms with van der Waals surface area (Å²) < 4.78 is 48.6. The van der Waals surface area contributed by atoms with Gasteiger partial charge in [0.1, 0.15) is 0 Å². The molecule has 0 saturated carbocycles. The monoisotopic (exact) mass is 263 g/mol. The fourth-order valence-electron chi connectivity index (χ4n) is 0.993. The molecular weight excluding hydrogens is 250 g/mol. The van der Waals surface area contributed by atoms with Crippen molar-refractivity contribution >= 4 is 17.5 Å². The second kappa shape index (κ2) is 6.27. The highest BCUT2D eigenvalue weighted by Gasteiger charge is 2.60. The Balaban J connectivity index is 3.98. The molecule has 16 heavy (non-hydrogen) atoms. The molecular formula is C9H14ClF4NO. The van der Waals surface area contributed by atoms with E-state index in [0.29, 0.717) is 6.42 Å². The molecule has 0 aliphatic rings. The molecule has 0 fully saturated rings. The number of carbonyl (C=O) groups is 1. The van der Waals surface area contributed by atoms with Crippen molar-refractivity contribution in [1.29, 1.82) is 0 Å². The van der Waals surface area contributed by atoms with Gasteiger partial charge in [-0.1, -0.05) is 37.8 Å². The van der Waals surface area contributed by atoms with Crippen LogP contribution in [0.4, 0.5) is 17.6 Å². The van der Waals surface area contributed by atoms with E-state index in [-0.39, 0.29) is 6.54 Å². The van der Waals surface area contributed by atoms with Crippen molar-refractivity contribution in [2.75, 3.05) is 6.54 Å². The van der Waals surface area contributed by atoms with Crippen molar-refractivity contribution in [3.05, 3.63) is 0 Å². The summed E-state index contributed by atoms with van der Waals surface area (Å²) in [6, 6.07) is 0. The molecule has 0 unspecified atom stereocenters. The highest BCUT2D eigenvalue weighted by Crippen LogP contribution is 2.37. The second-order valence-electron chi connectivity index (χ2n) is 3.39. The number of halogens is 5.